The van der Waals surface area contributed by atoms with Gasteiger partial charge < -0.3 is 0 Å². The molecule has 0 N–H and O–H groups in total. The zero-order valence-corrected chi connectivity index (χ0v) is 14.3. The molecule has 0 amide bonds. The van der Waals surface area contributed by atoms with Crippen LogP contribution in [-0.4, -0.2) is 6.29 Å². The molecule has 0 aliphatic heterocycles. The lowest BCUT2D eigenvalue weighted by Gasteiger charge is -2.30. The minimum atomic E-state index is 0.421. The summed E-state index contributed by atoms with van der Waals surface area (Å²) in [4.78, 5) is 11.4. The van der Waals surface area contributed by atoms with Crippen LogP contribution in [0, 0.1) is 11.8 Å². The molecule has 0 aromatic heterocycles. The fraction of sp³-hybridized carbons (Fsp3) is 0.650. The van der Waals surface area contributed by atoms with Crippen molar-refractivity contribution in [3.63, 3.8) is 0 Å². The highest BCUT2D eigenvalue weighted by molar-refractivity contribution is 5.75. The molecular formula is C20H32O. The maximum absolute atomic E-state index is 11.4. The molecule has 1 rings (SSSR count). The van der Waals surface area contributed by atoms with Gasteiger partial charge in [0.1, 0.15) is 6.29 Å². The molecule has 0 aromatic rings. The standard InChI is InChI=1S/C20H32O/c1-5-6-7-8-9-10-20-18(15-21)13-12-17(4)19(20)14-11-16(2)3/h11-13,15,19-20H,5-10,14H2,1-4H3. The summed E-state index contributed by atoms with van der Waals surface area (Å²) < 4.78 is 0. The molecule has 0 aromatic carbocycles. The molecule has 0 saturated heterocycles. The first-order valence-electron chi connectivity index (χ1n) is 8.57. The Hall–Kier alpha value is -1.11. The Kier molecular flexibility index (Phi) is 8.34. The Bertz CT molecular complexity index is 408. The molecule has 2 atom stereocenters. The van der Waals surface area contributed by atoms with Crippen LogP contribution in [0.3, 0.4) is 0 Å². The Balaban J connectivity index is 2.67. The average molecular weight is 288 g/mol. The normalized spacial score (nSPS) is 21.5. The highest BCUT2D eigenvalue weighted by Gasteiger charge is 2.27. The molecule has 0 fully saturated rings. The third kappa shape index (κ3) is 6.03. The van der Waals surface area contributed by atoms with E-state index in [1.807, 2.05) is 6.08 Å². The third-order valence-corrected chi connectivity index (χ3v) is 4.57. The second-order valence-corrected chi connectivity index (χ2v) is 6.63. The van der Waals surface area contributed by atoms with Gasteiger partial charge in [-0.05, 0) is 51.0 Å². The van der Waals surface area contributed by atoms with Crippen LogP contribution in [0.5, 0.6) is 0 Å². The van der Waals surface area contributed by atoms with Crippen LogP contribution >= 0.6 is 0 Å². The van der Waals surface area contributed by atoms with Crippen molar-refractivity contribution in [1.29, 1.82) is 0 Å². The first-order chi connectivity index (χ1) is 10.1. The molecule has 1 nitrogen and oxygen atoms in total. The number of carbonyl (C=O) groups excluding carboxylic acids is 1. The smallest absolute Gasteiger partial charge is 0.146 e. The van der Waals surface area contributed by atoms with Crippen LogP contribution in [-0.2, 0) is 4.79 Å². The van der Waals surface area contributed by atoms with E-state index in [4.69, 9.17) is 0 Å². The minimum absolute atomic E-state index is 0.421. The van der Waals surface area contributed by atoms with Crippen LogP contribution in [0.25, 0.3) is 0 Å². The van der Waals surface area contributed by atoms with Gasteiger partial charge in [0.05, 0.1) is 0 Å². The second kappa shape index (κ2) is 9.76. The van der Waals surface area contributed by atoms with E-state index in [9.17, 15) is 4.79 Å². The quantitative estimate of drug-likeness (QED) is 0.288. The fourth-order valence-electron chi connectivity index (χ4n) is 3.20. The molecule has 0 heterocycles. The number of carbonyl (C=O) groups is 1. The van der Waals surface area contributed by atoms with E-state index in [0.717, 1.165) is 24.7 Å². The highest BCUT2D eigenvalue weighted by Crippen LogP contribution is 2.37. The molecule has 118 valence electrons. The Morgan fingerprint density at radius 2 is 1.81 bits per heavy atom. The molecule has 0 spiro atoms. The lowest BCUT2D eigenvalue weighted by molar-refractivity contribution is -0.105. The summed E-state index contributed by atoms with van der Waals surface area (Å²) in [6, 6.07) is 0. The molecular weight excluding hydrogens is 256 g/mol. The van der Waals surface area contributed by atoms with Crippen molar-refractivity contribution in [2.45, 2.75) is 72.6 Å². The molecule has 1 heteroatoms. The maximum atomic E-state index is 11.4. The van der Waals surface area contributed by atoms with Gasteiger partial charge in [0, 0.05) is 0 Å². The summed E-state index contributed by atoms with van der Waals surface area (Å²) in [7, 11) is 0. The lowest BCUT2D eigenvalue weighted by Crippen LogP contribution is -2.21. The summed E-state index contributed by atoms with van der Waals surface area (Å²) >= 11 is 0. The maximum Gasteiger partial charge on any atom is 0.146 e. The van der Waals surface area contributed by atoms with E-state index >= 15 is 0 Å². The first kappa shape index (κ1) is 17.9. The van der Waals surface area contributed by atoms with Crippen molar-refractivity contribution >= 4 is 6.29 Å². The molecule has 21 heavy (non-hydrogen) atoms. The van der Waals surface area contributed by atoms with E-state index in [1.54, 1.807) is 0 Å². The van der Waals surface area contributed by atoms with Gasteiger partial charge in [0.25, 0.3) is 0 Å². The molecule has 1 aliphatic rings. The number of hydrogen-bond donors (Lipinski definition) is 0. The Morgan fingerprint density at radius 1 is 1.10 bits per heavy atom. The summed E-state index contributed by atoms with van der Waals surface area (Å²) in [6.07, 6.45) is 16.3. The van der Waals surface area contributed by atoms with E-state index in [1.165, 1.54) is 43.3 Å². The van der Waals surface area contributed by atoms with Gasteiger partial charge in [-0.2, -0.15) is 0 Å². The van der Waals surface area contributed by atoms with Crippen LogP contribution in [0.4, 0.5) is 0 Å². The van der Waals surface area contributed by atoms with Crippen molar-refractivity contribution in [1.82, 2.24) is 0 Å². The second-order valence-electron chi connectivity index (χ2n) is 6.63. The highest BCUT2D eigenvalue weighted by atomic mass is 16.1. The predicted molar refractivity (Wildman–Crippen MR) is 92.3 cm³/mol. The fourth-order valence-corrected chi connectivity index (χ4v) is 3.20. The number of allylic oxidation sites excluding steroid dienone is 6. The summed E-state index contributed by atoms with van der Waals surface area (Å²) in [5.74, 6) is 0.931. The van der Waals surface area contributed by atoms with Gasteiger partial charge in [-0.3, -0.25) is 4.79 Å². The van der Waals surface area contributed by atoms with Gasteiger partial charge in [-0.25, -0.2) is 0 Å². The Labute approximate surface area is 131 Å². The molecule has 0 bridgehead atoms. The van der Waals surface area contributed by atoms with Crippen LogP contribution in [0.1, 0.15) is 72.6 Å². The predicted octanol–water partition coefficient (Wildman–Crippen LogP) is 6.02. The summed E-state index contributed by atoms with van der Waals surface area (Å²) in [6.45, 7) is 8.76. The zero-order valence-electron chi connectivity index (χ0n) is 14.3. The molecule has 0 radical (unpaired) electrons. The number of aldehydes is 1. The Morgan fingerprint density at radius 3 is 2.43 bits per heavy atom. The third-order valence-electron chi connectivity index (χ3n) is 4.57. The van der Waals surface area contributed by atoms with E-state index in [2.05, 4.69) is 39.8 Å². The van der Waals surface area contributed by atoms with Gasteiger partial charge in [0.15, 0.2) is 0 Å². The monoisotopic (exact) mass is 288 g/mol. The summed E-state index contributed by atoms with van der Waals surface area (Å²) in [5, 5.41) is 0. The van der Waals surface area contributed by atoms with Crippen LogP contribution < -0.4 is 0 Å². The zero-order chi connectivity index (χ0) is 15.7. The van der Waals surface area contributed by atoms with Crippen molar-refractivity contribution in [2.24, 2.45) is 11.8 Å². The van der Waals surface area contributed by atoms with Gasteiger partial charge >= 0.3 is 0 Å². The van der Waals surface area contributed by atoms with Crippen molar-refractivity contribution < 1.29 is 4.79 Å². The van der Waals surface area contributed by atoms with E-state index < -0.39 is 0 Å². The van der Waals surface area contributed by atoms with Gasteiger partial charge in [-0.1, -0.05) is 68.4 Å². The van der Waals surface area contributed by atoms with Crippen molar-refractivity contribution in [2.75, 3.05) is 0 Å². The minimum Gasteiger partial charge on any atom is -0.298 e. The van der Waals surface area contributed by atoms with Gasteiger partial charge in [0.2, 0.25) is 0 Å². The van der Waals surface area contributed by atoms with E-state index in [0.29, 0.717) is 11.8 Å². The SMILES string of the molecule is CCCCCCCC1C(C=O)=CC=C(C)C1CC=C(C)C. The number of hydrogen-bond acceptors (Lipinski definition) is 1. The lowest BCUT2D eigenvalue weighted by atomic mass is 9.74. The van der Waals surface area contributed by atoms with E-state index in [-0.39, 0.29) is 0 Å². The van der Waals surface area contributed by atoms with Crippen molar-refractivity contribution in [3.8, 4) is 0 Å². The molecule has 1 aliphatic carbocycles. The van der Waals surface area contributed by atoms with Gasteiger partial charge in [-0.15, -0.1) is 0 Å². The van der Waals surface area contributed by atoms with Crippen molar-refractivity contribution in [3.05, 3.63) is 34.9 Å². The largest absolute Gasteiger partial charge is 0.298 e. The first-order valence-corrected chi connectivity index (χ1v) is 8.57. The number of rotatable bonds is 9. The topological polar surface area (TPSA) is 17.1 Å². The number of unbranched alkanes of at least 4 members (excludes halogenated alkanes) is 4. The average Bonchev–Trinajstić information content (AvgIpc) is 2.46. The van der Waals surface area contributed by atoms with Crippen LogP contribution in [0.15, 0.2) is 34.9 Å². The molecule has 0 saturated carbocycles. The van der Waals surface area contributed by atoms with Crippen LogP contribution in [0.2, 0.25) is 0 Å². The summed E-state index contributed by atoms with van der Waals surface area (Å²) in [5.41, 5.74) is 3.80. The molecule has 2 unspecified atom stereocenters.